The highest BCUT2D eigenvalue weighted by Crippen LogP contribution is 2.20. The molecule has 0 bridgehead atoms. The van der Waals surface area contributed by atoms with Crippen molar-refractivity contribution in [3.8, 4) is 0 Å². The summed E-state index contributed by atoms with van der Waals surface area (Å²) in [5.74, 6) is 1.16. The summed E-state index contributed by atoms with van der Waals surface area (Å²) in [4.78, 5) is 21.1. The van der Waals surface area contributed by atoms with Crippen LogP contribution in [0, 0.1) is 6.92 Å². The largest absolute Gasteiger partial charge is 0.363 e. The lowest BCUT2D eigenvalue weighted by Crippen LogP contribution is -2.33. The fourth-order valence-electron chi connectivity index (χ4n) is 3.13. The van der Waals surface area contributed by atoms with Crippen LogP contribution < -0.4 is 10.6 Å². The van der Waals surface area contributed by atoms with Gasteiger partial charge in [-0.1, -0.05) is 43.2 Å². The van der Waals surface area contributed by atoms with Gasteiger partial charge in [-0.15, -0.1) is 0 Å². The molecule has 2 N–H and O–H groups in total. The number of anilines is 1. The van der Waals surface area contributed by atoms with E-state index < -0.39 is 0 Å². The van der Waals surface area contributed by atoms with Crippen LogP contribution >= 0.6 is 0 Å². The van der Waals surface area contributed by atoms with Crippen molar-refractivity contribution >= 4 is 11.7 Å². The van der Waals surface area contributed by atoms with Gasteiger partial charge in [0, 0.05) is 18.2 Å². The molecule has 1 fully saturated rings. The summed E-state index contributed by atoms with van der Waals surface area (Å²) in [5.41, 5.74) is 1.60. The monoisotopic (exact) mass is 324 g/mol. The maximum atomic E-state index is 12.4. The number of benzene rings is 1. The lowest BCUT2D eigenvalue weighted by atomic mass is 10.1. The molecular formula is C19H24N4O. The van der Waals surface area contributed by atoms with Crippen molar-refractivity contribution in [3.05, 3.63) is 53.5 Å². The Morgan fingerprint density at radius 3 is 2.58 bits per heavy atom. The van der Waals surface area contributed by atoms with Gasteiger partial charge in [0.2, 0.25) is 0 Å². The SMILES string of the molecule is Cc1nc(NC(C)c2ccccc2)cc(C(=O)NC2CCCC2)n1. The Balaban J connectivity index is 1.72. The average molecular weight is 324 g/mol. The van der Waals surface area contributed by atoms with E-state index in [2.05, 4.69) is 39.7 Å². The van der Waals surface area contributed by atoms with Crippen molar-refractivity contribution in [2.24, 2.45) is 0 Å². The van der Waals surface area contributed by atoms with E-state index in [-0.39, 0.29) is 18.0 Å². The topological polar surface area (TPSA) is 66.9 Å². The van der Waals surface area contributed by atoms with Gasteiger partial charge in [-0.25, -0.2) is 9.97 Å². The van der Waals surface area contributed by atoms with Crippen LogP contribution in [0.5, 0.6) is 0 Å². The molecule has 1 aliphatic rings. The molecule has 5 heteroatoms. The van der Waals surface area contributed by atoms with Gasteiger partial charge in [0.15, 0.2) is 0 Å². The Morgan fingerprint density at radius 2 is 1.88 bits per heavy atom. The minimum absolute atomic E-state index is 0.103. The second kappa shape index (κ2) is 7.43. The fourth-order valence-corrected chi connectivity index (χ4v) is 3.13. The van der Waals surface area contributed by atoms with Gasteiger partial charge in [-0.05, 0) is 32.3 Å². The molecule has 1 aliphatic carbocycles. The molecule has 0 aliphatic heterocycles. The second-order valence-electron chi connectivity index (χ2n) is 6.42. The van der Waals surface area contributed by atoms with E-state index in [0.29, 0.717) is 17.3 Å². The van der Waals surface area contributed by atoms with Crippen LogP contribution in [0.15, 0.2) is 36.4 Å². The van der Waals surface area contributed by atoms with E-state index in [1.165, 1.54) is 18.4 Å². The number of hydrogen-bond donors (Lipinski definition) is 2. The first kappa shape index (κ1) is 16.4. The standard InChI is InChI=1S/C19H24N4O/c1-13(15-8-4-3-5-9-15)20-18-12-17(21-14(2)22-18)19(24)23-16-10-6-7-11-16/h3-5,8-9,12-13,16H,6-7,10-11H2,1-2H3,(H,23,24)(H,20,21,22). The summed E-state index contributed by atoms with van der Waals surface area (Å²) in [6.45, 7) is 3.88. The van der Waals surface area contributed by atoms with Gasteiger partial charge in [-0.2, -0.15) is 0 Å². The summed E-state index contributed by atoms with van der Waals surface area (Å²) in [6, 6.07) is 12.3. The summed E-state index contributed by atoms with van der Waals surface area (Å²) in [6.07, 6.45) is 4.50. The number of amides is 1. The normalized spacial score (nSPS) is 15.9. The van der Waals surface area contributed by atoms with Crippen molar-refractivity contribution in [2.75, 3.05) is 5.32 Å². The van der Waals surface area contributed by atoms with E-state index >= 15 is 0 Å². The maximum Gasteiger partial charge on any atom is 0.270 e. The lowest BCUT2D eigenvalue weighted by molar-refractivity contribution is 0.0932. The van der Waals surface area contributed by atoms with Crippen LogP contribution in [0.25, 0.3) is 0 Å². The Labute approximate surface area is 142 Å². The molecular weight excluding hydrogens is 300 g/mol. The fraction of sp³-hybridized carbons (Fsp3) is 0.421. The van der Waals surface area contributed by atoms with E-state index in [4.69, 9.17) is 0 Å². The van der Waals surface area contributed by atoms with Crippen LogP contribution in [0.1, 0.15) is 60.5 Å². The molecule has 1 atom stereocenters. The highest BCUT2D eigenvalue weighted by Gasteiger charge is 2.19. The van der Waals surface area contributed by atoms with E-state index in [0.717, 1.165) is 12.8 Å². The highest BCUT2D eigenvalue weighted by molar-refractivity contribution is 5.93. The predicted octanol–water partition coefficient (Wildman–Crippen LogP) is 3.63. The quantitative estimate of drug-likeness (QED) is 0.881. The van der Waals surface area contributed by atoms with Crippen molar-refractivity contribution < 1.29 is 4.79 Å². The van der Waals surface area contributed by atoms with Crippen LogP contribution in [0.3, 0.4) is 0 Å². The summed E-state index contributed by atoms with van der Waals surface area (Å²) in [7, 11) is 0. The Bertz CT molecular complexity index is 696. The highest BCUT2D eigenvalue weighted by atomic mass is 16.1. The molecule has 1 aromatic heterocycles. The number of hydrogen-bond acceptors (Lipinski definition) is 4. The summed E-state index contributed by atoms with van der Waals surface area (Å²) < 4.78 is 0. The number of nitrogens with zero attached hydrogens (tertiary/aromatic N) is 2. The van der Waals surface area contributed by atoms with Crippen LogP contribution in [0.4, 0.5) is 5.82 Å². The van der Waals surface area contributed by atoms with Crippen molar-refractivity contribution in [2.45, 2.75) is 51.6 Å². The zero-order chi connectivity index (χ0) is 16.9. The number of carbonyl (C=O) groups excluding carboxylic acids is 1. The zero-order valence-corrected chi connectivity index (χ0v) is 14.2. The van der Waals surface area contributed by atoms with Crippen LogP contribution in [-0.4, -0.2) is 21.9 Å². The van der Waals surface area contributed by atoms with E-state index in [1.807, 2.05) is 25.1 Å². The third-order valence-corrected chi connectivity index (χ3v) is 4.42. The summed E-state index contributed by atoms with van der Waals surface area (Å²) >= 11 is 0. The molecule has 1 unspecified atom stereocenters. The molecule has 24 heavy (non-hydrogen) atoms. The van der Waals surface area contributed by atoms with Gasteiger partial charge >= 0.3 is 0 Å². The molecule has 1 saturated carbocycles. The van der Waals surface area contributed by atoms with Gasteiger partial charge < -0.3 is 10.6 Å². The number of rotatable bonds is 5. The smallest absolute Gasteiger partial charge is 0.270 e. The number of aryl methyl sites for hydroxylation is 1. The van der Waals surface area contributed by atoms with Gasteiger partial charge in [0.1, 0.15) is 17.3 Å². The molecule has 3 rings (SSSR count). The molecule has 5 nitrogen and oxygen atoms in total. The number of nitrogens with one attached hydrogen (secondary N) is 2. The zero-order valence-electron chi connectivity index (χ0n) is 14.2. The van der Waals surface area contributed by atoms with Crippen molar-refractivity contribution in [3.63, 3.8) is 0 Å². The first-order valence-corrected chi connectivity index (χ1v) is 8.60. The number of aromatic nitrogens is 2. The molecule has 0 saturated heterocycles. The molecule has 1 heterocycles. The Hall–Kier alpha value is -2.43. The van der Waals surface area contributed by atoms with Gasteiger partial charge in [-0.3, -0.25) is 4.79 Å². The Morgan fingerprint density at radius 1 is 1.17 bits per heavy atom. The first-order chi connectivity index (χ1) is 11.6. The average Bonchev–Trinajstić information content (AvgIpc) is 3.08. The van der Waals surface area contributed by atoms with Gasteiger partial charge in [0.05, 0.1) is 0 Å². The minimum atomic E-state index is -0.109. The lowest BCUT2D eigenvalue weighted by Gasteiger charge is -2.16. The van der Waals surface area contributed by atoms with Gasteiger partial charge in [0.25, 0.3) is 5.91 Å². The number of carbonyl (C=O) groups is 1. The second-order valence-corrected chi connectivity index (χ2v) is 6.42. The first-order valence-electron chi connectivity index (χ1n) is 8.60. The predicted molar refractivity (Wildman–Crippen MR) is 95.0 cm³/mol. The third-order valence-electron chi connectivity index (χ3n) is 4.42. The molecule has 2 aromatic rings. The third kappa shape index (κ3) is 4.10. The van der Waals surface area contributed by atoms with E-state index in [9.17, 15) is 4.79 Å². The maximum absolute atomic E-state index is 12.4. The molecule has 1 aromatic carbocycles. The Kier molecular flexibility index (Phi) is 5.08. The van der Waals surface area contributed by atoms with Crippen LogP contribution in [-0.2, 0) is 0 Å². The molecule has 1 amide bonds. The molecule has 0 radical (unpaired) electrons. The van der Waals surface area contributed by atoms with Crippen molar-refractivity contribution in [1.82, 2.24) is 15.3 Å². The molecule has 0 spiro atoms. The summed E-state index contributed by atoms with van der Waals surface area (Å²) in [5, 5.41) is 6.43. The molecule has 126 valence electrons. The van der Waals surface area contributed by atoms with Crippen LogP contribution in [0.2, 0.25) is 0 Å². The van der Waals surface area contributed by atoms with E-state index in [1.54, 1.807) is 6.07 Å². The minimum Gasteiger partial charge on any atom is -0.363 e. The van der Waals surface area contributed by atoms with Crippen molar-refractivity contribution in [1.29, 1.82) is 0 Å².